The lowest BCUT2D eigenvalue weighted by molar-refractivity contribution is 0.00526. The second-order valence-corrected chi connectivity index (χ2v) is 23.1. The smallest absolute Gasteiger partial charge is 0.192 e. The van der Waals surface area contributed by atoms with Gasteiger partial charge in [-0.05, 0) is 31.0 Å². The Morgan fingerprint density at radius 3 is 0.909 bits per heavy atom. The molecule has 0 unspecified atom stereocenters. The number of ether oxygens (including phenoxy) is 2. The zero-order valence-corrected chi connectivity index (χ0v) is 39.6. The number of hydrogen-bond acceptors (Lipinski definition) is 6. The predicted octanol–water partition coefficient (Wildman–Crippen LogP) is 14.3. The van der Waals surface area contributed by atoms with Gasteiger partial charge >= 0.3 is 0 Å². The minimum absolute atomic E-state index is 0.182. The molecule has 0 bridgehead atoms. The van der Waals surface area contributed by atoms with Crippen molar-refractivity contribution in [1.29, 1.82) is 0 Å². The van der Waals surface area contributed by atoms with Gasteiger partial charge in [0.05, 0.1) is 32.5 Å². The first-order valence-electron chi connectivity index (χ1n) is 24.3. The third-order valence-corrected chi connectivity index (χ3v) is 16.1. The fourth-order valence-electron chi connectivity index (χ4n) is 6.57. The van der Waals surface area contributed by atoms with E-state index in [1.165, 1.54) is 193 Å². The number of hydrogen-bond donors (Lipinski definition) is 3. The Labute approximate surface area is 346 Å². The SMILES string of the molecule is CCCCCCCCCCCCCCCCCCOC[C@@H](O)CO.CCCCCCCCCCCCCCCCCCOC[C@@H](O)CO[Si](C)(C)C(C)(C)C. The van der Waals surface area contributed by atoms with Crippen molar-refractivity contribution in [3.63, 3.8) is 0 Å². The molecule has 0 radical (unpaired) electrons. The second-order valence-electron chi connectivity index (χ2n) is 18.3. The Kier molecular flexibility index (Phi) is 45.2. The van der Waals surface area contributed by atoms with Crippen molar-refractivity contribution in [2.45, 2.75) is 270 Å². The molecule has 0 fully saturated rings. The van der Waals surface area contributed by atoms with Crippen LogP contribution in [0.4, 0.5) is 0 Å². The van der Waals surface area contributed by atoms with Gasteiger partial charge in [-0.15, -0.1) is 0 Å². The average Bonchev–Trinajstić information content (AvgIpc) is 3.15. The molecule has 0 aliphatic carbocycles. The molecule has 0 aromatic heterocycles. The lowest BCUT2D eigenvalue weighted by Crippen LogP contribution is -2.43. The van der Waals surface area contributed by atoms with E-state index in [4.69, 9.17) is 24.1 Å². The third-order valence-electron chi connectivity index (χ3n) is 11.6. The van der Waals surface area contributed by atoms with Gasteiger partial charge in [0, 0.05) is 13.2 Å². The summed E-state index contributed by atoms with van der Waals surface area (Å²) in [6, 6.07) is 0. The van der Waals surface area contributed by atoms with Gasteiger partial charge in [-0.2, -0.15) is 0 Å². The summed E-state index contributed by atoms with van der Waals surface area (Å²) >= 11 is 0. The van der Waals surface area contributed by atoms with E-state index in [9.17, 15) is 5.11 Å². The normalized spacial score (nSPS) is 13.2. The van der Waals surface area contributed by atoms with Crippen molar-refractivity contribution in [2.24, 2.45) is 0 Å². The largest absolute Gasteiger partial charge is 0.414 e. The predicted molar refractivity (Wildman–Crippen MR) is 243 cm³/mol. The van der Waals surface area contributed by atoms with Crippen LogP contribution in [0.25, 0.3) is 0 Å². The van der Waals surface area contributed by atoms with E-state index in [2.05, 4.69) is 47.7 Å². The van der Waals surface area contributed by atoms with E-state index in [1.54, 1.807) is 0 Å². The van der Waals surface area contributed by atoms with Gasteiger partial charge in [-0.1, -0.05) is 227 Å². The van der Waals surface area contributed by atoms with E-state index in [1.807, 2.05) is 0 Å². The zero-order chi connectivity index (χ0) is 41.1. The van der Waals surface area contributed by atoms with Crippen molar-refractivity contribution in [3.05, 3.63) is 0 Å². The number of aliphatic hydroxyl groups is 3. The molecule has 0 aliphatic heterocycles. The molecule has 0 rings (SSSR count). The van der Waals surface area contributed by atoms with Gasteiger partial charge in [-0.3, -0.25) is 0 Å². The first-order chi connectivity index (χ1) is 26.5. The first-order valence-corrected chi connectivity index (χ1v) is 27.2. The highest BCUT2D eigenvalue weighted by Gasteiger charge is 2.37. The second kappa shape index (κ2) is 43.6. The van der Waals surface area contributed by atoms with Crippen molar-refractivity contribution < 1.29 is 29.2 Å². The number of rotatable bonds is 42. The summed E-state index contributed by atoms with van der Waals surface area (Å²) in [7, 11) is -1.78. The van der Waals surface area contributed by atoms with Crippen molar-refractivity contribution >= 4 is 8.32 Å². The monoisotopic (exact) mass is 803 g/mol. The topological polar surface area (TPSA) is 88.4 Å². The Morgan fingerprint density at radius 1 is 0.400 bits per heavy atom. The van der Waals surface area contributed by atoms with E-state index in [0.717, 1.165) is 19.4 Å². The first kappa shape index (κ1) is 57.1. The summed E-state index contributed by atoms with van der Waals surface area (Å²) in [6.07, 6.45) is 42.9. The van der Waals surface area contributed by atoms with Crippen molar-refractivity contribution in [3.8, 4) is 0 Å². The summed E-state index contributed by atoms with van der Waals surface area (Å²) in [6.45, 7) is 18.0. The summed E-state index contributed by atoms with van der Waals surface area (Å²) < 4.78 is 17.0. The summed E-state index contributed by atoms with van der Waals surface area (Å²) in [5.74, 6) is 0. The molecular weight excluding hydrogens is 701 g/mol. The van der Waals surface area contributed by atoms with Crippen LogP contribution in [0.5, 0.6) is 0 Å². The molecule has 0 saturated heterocycles. The quantitative estimate of drug-likeness (QED) is 0.0421. The Balaban J connectivity index is 0. The molecule has 3 N–H and O–H groups in total. The standard InChI is InChI=1S/C27H58O3Si.C21H44O3/c1-7-8-9-10-11-12-13-14-15-16-17-18-19-20-21-22-23-29-24-26(28)25-30-31(5,6)27(2,3)4;1-2-3-4-5-6-7-8-9-10-11-12-13-14-15-16-17-18-24-20-21(23)19-22/h26,28H,7-25H2,1-6H3;21-23H,2-20H2,1H3/t26-;21-/m10/s1. The van der Waals surface area contributed by atoms with Gasteiger partial charge < -0.3 is 29.2 Å². The van der Waals surface area contributed by atoms with E-state index < -0.39 is 20.5 Å². The molecule has 2 atom stereocenters. The lowest BCUT2D eigenvalue weighted by atomic mass is 10.0. The Bertz CT molecular complexity index is 715. The molecule has 0 aliphatic rings. The molecule has 7 heteroatoms. The lowest BCUT2D eigenvalue weighted by Gasteiger charge is -2.36. The molecular formula is C48H102O6Si. The van der Waals surface area contributed by atoms with Gasteiger partial charge in [0.1, 0.15) is 6.10 Å². The fourth-order valence-corrected chi connectivity index (χ4v) is 7.61. The zero-order valence-electron chi connectivity index (χ0n) is 38.6. The van der Waals surface area contributed by atoms with Crippen molar-refractivity contribution in [1.82, 2.24) is 0 Å². The highest BCUT2D eigenvalue weighted by molar-refractivity contribution is 6.74. The summed E-state index contributed by atoms with van der Waals surface area (Å²) in [5.41, 5.74) is 0. The summed E-state index contributed by atoms with van der Waals surface area (Å²) in [4.78, 5) is 0. The maximum absolute atomic E-state index is 10.1. The molecule has 6 nitrogen and oxygen atoms in total. The van der Waals surface area contributed by atoms with Gasteiger partial charge in [0.2, 0.25) is 0 Å². The highest BCUT2D eigenvalue weighted by Crippen LogP contribution is 2.36. The highest BCUT2D eigenvalue weighted by atomic mass is 28.4. The number of aliphatic hydroxyl groups excluding tert-OH is 3. The molecule has 0 heterocycles. The van der Waals surface area contributed by atoms with Crippen LogP contribution in [0, 0.1) is 0 Å². The number of unbranched alkanes of at least 4 members (excludes halogenated alkanes) is 30. The van der Waals surface area contributed by atoms with E-state index in [-0.39, 0.29) is 18.3 Å². The maximum Gasteiger partial charge on any atom is 0.192 e. The minimum Gasteiger partial charge on any atom is -0.414 e. The average molecular weight is 803 g/mol. The van der Waals surface area contributed by atoms with E-state index in [0.29, 0.717) is 19.8 Å². The molecule has 0 aromatic rings. The van der Waals surface area contributed by atoms with Gasteiger partial charge in [-0.25, -0.2) is 0 Å². The Morgan fingerprint density at radius 2 is 0.655 bits per heavy atom. The summed E-state index contributed by atoms with van der Waals surface area (Å²) in [5, 5.41) is 28.0. The van der Waals surface area contributed by atoms with E-state index >= 15 is 0 Å². The molecule has 55 heavy (non-hydrogen) atoms. The minimum atomic E-state index is -1.78. The molecule has 0 aromatic carbocycles. The van der Waals surface area contributed by atoms with Crippen LogP contribution in [0.2, 0.25) is 18.1 Å². The van der Waals surface area contributed by atoms with Gasteiger partial charge in [0.25, 0.3) is 0 Å². The van der Waals surface area contributed by atoms with Crippen molar-refractivity contribution in [2.75, 3.05) is 39.6 Å². The van der Waals surface area contributed by atoms with Crippen LogP contribution >= 0.6 is 0 Å². The van der Waals surface area contributed by atoms with Crippen LogP contribution in [-0.2, 0) is 13.9 Å². The van der Waals surface area contributed by atoms with Crippen LogP contribution in [0.1, 0.15) is 240 Å². The van der Waals surface area contributed by atoms with Gasteiger partial charge in [0.15, 0.2) is 8.32 Å². The molecule has 0 saturated carbocycles. The molecule has 334 valence electrons. The molecule has 0 amide bonds. The van der Waals surface area contributed by atoms with Crippen LogP contribution in [-0.4, -0.2) is 75.5 Å². The fraction of sp³-hybridized carbons (Fsp3) is 1.00. The van der Waals surface area contributed by atoms with Crippen LogP contribution in [0.3, 0.4) is 0 Å². The molecule has 0 spiro atoms. The Hall–Kier alpha value is -0.0231. The maximum atomic E-state index is 10.1. The third kappa shape index (κ3) is 44.9. The van der Waals surface area contributed by atoms with Crippen LogP contribution in [0.15, 0.2) is 0 Å². The van der Waals surface area contributed by atoms with Crippen LogP contribution < -0.4 is 0 Å².